The number of halogens is 1. The fourth-order valence-electron chi connectivity index (χ4n) is 4.96. The van der Waals surface area contributed by atoms with E-state index >= 15 is 0 Å². The van der Waals surface area contributed by atoms with E-state index in [1.54, 1.807) is 0 Å². The van der Waals surface area contributed by atoms with Crippen molar-refractivity contribution in [2.45, 2.75) is 44.4 Å². The van der Waals surface area contributed by atoms with Gasteiger partial charge in [-0.25, -0.2) is 9.18 Å². The van der Waals surface area contributed by atoms with Crippen molar-refractivity contribution in [1.82, 2.24) is 0 Å². The van der Waals surface area contributed by atoms with Gasteiger partial charge in [-0.3, -0.25) is 4.79 Å². The average Bonchev–Trinajstić information content (AvgIpc) is 2.14. The lowest BCUT2D eigenvalue weighted by Gasteiger charge is -2.87. The number of carbonyl (C=O) groups excluding carboxylic acids is 2. The predicted molar refractivity (Wildman–Crippen MR) is 55.8 cm³/mol. The van der Waals surface area contributed by atoms with Crippen molar-refractivity contribution < 1.29 is 18.7 Å². The van der Waals surface area contributed by atoms with Crippen molar-refractivity contribution >= 4 is 11.8 Å². The van der Waals surface area contributed by atoms with Crippen LogP contribution in [0, 0.1) is 23.2 Å². The van der Waals surface area contributed by atoms with E-state index in [-0.39, 0.29) is 17.3 Å². The second-order valence-electron chi connectivity index (χ2n) is 6.64. The molecule has 0 aromatic rings. The maximum atomic E-state index is 13.5. The Hall–Kier alpha value is -0.930. The smallest absolute Gasteiger partial charge is 0.343 e. The first kappa shape index (κ1) is 10.0. The van der Waals surface area contributed by atoms with E-state index in [1.807, 2.05) is 0 Å². The summed E-state index contributed by atoms with van der Waals surface area (Å²) in [5, 5.41) is 0. The van der Waals surface area contributed by atoms with E-state index in [1.165, 1.54) is 13.8 Å². The zero-order chi connectivity index (χ0) is 12.2. The fourth-order valence-corrected chi connectivity index (χ4v) is 4.96. The first-order valence-electron chi connectivity index (χ1n) is 6.29. The van der Waals surface area contributed by atoms with Crippen LogP contribution in [0.4, 0.5) is 4.39 Å². The summed E-state index contributed by atoms with van der Waals surface area (Å²) in [6.45, 7) is 2.44. The van der Waals surface area contributed by atoms with Crippen LogP contribution in [0.1, 0.15) is 33.1 Å². The first-order chi connectivity index (χ1) is 7.83. The van der Waals surface area contributed by atoms with Gasteiger partial charge in [-0.2, -0.15) is 0 Å². The fraction of sp³-hybridized carbons (Fsp3) is 0.846. The Morgan fingerprint density at radius 1 is 1.41 bits per heavy atom. The van der Waals surface area contributed by atoms with Gasteiger partial charge in [0.05, 0.1) is 0 Å². The van der Waals surface area contributed by atoms with Gasteiger partial charge < -0.3 is 4.74 Å². The summed E-state index contributed by atoms with van der Waals surface area (Å²) in [6, 6.07) is 0. The number of hydrogen-bond acceptors (Lipinski definition) is 3. The van der Waals surface area contributed by atoms with Crippen LogP contribution in [0.15, 0.2) is 0 Å². The molecule has 5 unspecified atom stereocenters. The summed E-state index contributed by atoms with van der Waals surface area (Å²) in [7, 11) is 0. The van der Waals surface area contributed by atoms with Gasteiger partial charge in [-0.15, -0.1) is 0 Å². The highest BCUT2D eigenvalue weighted by Gasteiger charge is 2.93. The van der Waals surface area contributed by atoms with Crippen LogP contribution in [0.2, 0.25) is 0 Å². The Kier molecular flexibility index (Phi) is 1.35. The van der Waals surface area contributed by atoms with Crippen LogP contribution < -0.4 is 0 Å². The van der Waals surface area contributed by atoms with Crippen LogP contribution in [-0.2, 0) is 14.3 Å². The third kappa shape index (κ3) is 0.738. The van der Waals surface area contributed by atoms with Gasteiger partial charge in [-0.05, 0) is 39.0 Å². The number of rotatable bonds is 2. The Morgan fingerprint density at radius 3 is 2.65 bits per heavy atom. The van der Waals surface area contributed by atoms with Gasteiger partial charge >= 0.3 is 5.97 Å². The van der Waals surface area contributed by atoms with E-state index in [9.17, 15) is 14.0 Å². The van der Waals surface area contributed by atoms with Crippen molar-refractivity contribution in [3.8, 4) is 0 Å². The molecule has 4 heteroatoms. The molecule has 0 aliphatic heterocycles. The maximum Gasteiger partial charge on any atom is 0.343 e. The number of ketones is 1. The molecule has 0 aromatic carbocycles. The lowest BCUT2D eigenvalue weighted by atomic mass is 9.16. The van der Waals surface area contributed by atoms with E-state index < -0.39 is 17.2 Å². The van der Waals surface area contributed by atoms with Gasteiger partial charge in [0.2, 0.25) is 5.67 Å². The van der Waals surface area contributed by atoms with Gasteiger partial charge in [0.25, 0.3) is 0 Å². The lowest BCUT2D eigenvalue weighted by Crippen LogP contribution is -2.93. The van der Waals surface area contributed by atoms with Gasteiger partial charge in [0, 0.05) is 17.3 Å². The minimum Gasteiger partial charge on any atom is -0.456 e. The molecule has 0 aromatic heterocycles. The van der Waals surface area contributed by atoms with Crippen molar-refractivity contribution in [1.29, 1.82) is 0 Å². The van der Waals surface area contributed by atoms with Crippen LogP contribution in [-0.4, -0.2) is 23.0 Å². The third-order valence-corrected chi connectivity index (χ3v) is 5.71. The molecule has 0 N–H and O–H groups in total. The number of hydrogen-bond donors (Lipinski definition) is 0. The summed E-state index contributed by atoms with van der Waals surface area (Å²) in [6.07, 6.45) is 2.45. The minimum atomic E-state index is -1.94. The molecular formula is C13H15FO3. The molecule has 0 bridgehead atoms. The number of esters is 1. The molecule has 4 rings (SSSR count). The number of Topliss-reactive ketones (excluding diaryl/α,β-unsaturated/α-hetero) is 1. The molecular weight excluding hydrogens is 223 g/mol. The summed E-state index contributed by atoms with van der Waals surface area (Å²) in [4.78, 5) is 23.3. The lowest BCUT2D eigenvalue weighted by molar-refractivity contribution is -0.411. The largest absolute Gasteiger partial charge is 0.456 e. The Morgan fingerprint density at radius 2 is 2.12 bits per heavy atom. The third-order valence-electron chi connectivity index (χ3n) is 5.71. The van der Waals surface area contributed by atoms with Crippen LogP contribution in [0.5, 0.6) is 0 Å². The summed E-state index contributed by atoms with van der Waals surface area (Å²) in [5.41, 5.74) is -2.45. The first-order valence-corrected chi connectivity index (χ1v) is 6.29. The highest BCUT2D eigenvalue weighted by Crippen LogP contribution is 2.88. The number of carbonyl (C=O) groups is 2. The molecule has 4 fully saturated rings. The van der Waals surface area contributed by atoms with E-state index in [0.717, 1.165) is 12.8 Å². The van der Waals surface area contributed by atoms with Crippen LogP contribution in [0.25, 0.3) is 0 Å². The Labute approximate surface area is 98.7 Å². The molecule has 0 amide bonds. The van der Waals surface area contributed by atoms with Crippen LogP contribution in [0.3, 0.4) is 0 Å². The zero-order valence-corrected chi connectivity index (χ0v) is 9.96. The topological polar surface area (TPSA) is 43.4 Å². The standard InChI is InChI=1S/C13H15FO3/c1-11(2,14)10(16)17-12-4-6-3-7-9(15)8(5-12)13(6,7)12/h6-8H,3-5H2,1-2H3. The predicted octanol–water partition coefficient (Wildman–Crippen LogP) is 1.65. The molecule has 0 heterocycles. The molecule has 3 nitrogen and oxygen atoms in total. The van der Waals surface area contributed by atoms with Crippen molar-refractivity contribution in [2.24, 2.45) is 23.2 Å². The Bertz CT molecular complexity index is 456. The summed E-state index contributed by atoms with van der Waals surface area (Å²) in [5.74, 6) is 0.381. The second-order valence-corrected chi connectivity index (χ2v) is 6.64. The SMILES string of the molecule is CC(C)(F)C(=O)OC12CC3CC4C(=O)C(C1)C342. The average molecular weight is 238 g/mol. The van der Waals surface area contributed by atoms with E-state index in [4.69, 9.17) is 4.74 Å². The Balaban J connectivity index is 1.58. The molecule has 0 radical (unpaired) electrons. The molecule has 0 saturated heterocycles. The van der Waals surface area contributed by atoms with Gasteiger partial charge in [0.15, 0.2) is 0 Å². The highest BCUT2D eigenvalue weighted by molar-refractivity contribution is 5.98. The van der Waals surface area contributed by atoms with E-state index in [0.29, 0.717) is 18.1 Å². The molecule has 4 aliphatic carbocycles. The normalized spacial score (nSPS) is 53.1. The molecule has 17 heavy (non-hydrogen) atoms. The van der Waals surface area contributed by atoms with Crippen LogP contribution >= 0.6 is 0 Å². The zero-order valence-electron chi connectivity index (χ0n) is 9.96. The molecule has 4 saturated carbocycles. The second kappa shape index (κ2) is 2.29. The number of alkyl halides is 1. The number of ether oxygens (including phenoxy) is 1. The molecule has 1 spiro atoms. The van der Waals surface area contributed by atoms with Crippen molar-refractivity contribution in [2.75, 3.05) is 0 Å². The summed E-state index contributed by atoms with van der Waals surface area (Å²) >= 11 is 0. The molecule has 92 valence electrons. The van der Waals surface area contributed by atoms with E-state index in [2.05, 4.69) is 0 Å². The minimum absolute atomic E-state index is 0.0367. The van der Waals surface area contributed by atoms with Gasteiger partial charge in [0.1, 0.15) is 11.4 Å². The van der Waals surface area contributed by atoms with Crippen molar-refractivity contribution in [3.63, 3.8) is 0 Å². The quantitative estimate of drug-likeness (QED) is 0.687. The molecule has 4 aliphatic rings. The van der Waals surface area contributed by atoms with Crippen molar-refractivity contribution in [3.05, 3.63) is 0 Å². The van der Waals surface area contributed by atoms with Gasteiger partial charge in [-0.1, -0.05) is 0 Å². The maximum absolute atomic E-state index is 13.5. The highest BCUT2D eigenvalue weighted by atomic mass is 19.1. The molecule has 5 atom stereocenters. The summed E-state index contributed by atoms with van der Waals surface area (Å²) < 4.78 is 19.0. The monoisotopic (exact) mass is 238 g/mol.